The summed E-state index contributed by atoms with van der Waals surface area (Å²) in [6.07, 6.45) is 3.12. The summed E-state index contributed by atoms with van der Waals surface area (Å²) in [4.78, 5) is 16.5. The van der Waals surface area contributed by atoms with E-state index in [9.17, 15) is 0 Å². The van der Waals surface area contributed by atoms with Crippen molar-refractivity contribution in [1.29, 1.82) is 0 Å². The Hall–Kier alpha value is 0.270. The molecule has 10 heavy (non-hydrogen) atoms. The SMILES string of the molecule is CCCCCOP(O)O.N. The topological polar surface area (TPSA) is 84.7 Å². The normalized spacial score (nSPS) is 9.60. The second-order valence-corrected chi connectivity index (χ2v) is 2.56. The van der Waals surface area contributed by atoms with Crippen molar-refractivity contribution in [1.82, 2.24) is 6.15 Å². The monoisotopic (exact) mass is 169 g/mol. The molecule has 0 bridgehead atoms. The lowest BCUT2D eigenvalue weighted by Gasteiger charge is -2.01. The average molecular weight is 169 g/mol. The first-order chi connectivity index (χ1) is 4.27. The van der Waals surface area contributed by atoms with Gasteiger partial charge in [-0.3, -0.25) is 0 Å². The zero-order chi connectivity index (χ0) is 7.11. The molecule has 0 aromatic carbocycles. The van der Waals surface area contributed by atoms with Crippen molar-refractivity contribution in [3.63, 3.8) is 0 Å². The van der Waals surface area contributed by atoms with E-state index in [1.165, 1.54) is 0 Å². The zero-order valence-corrected chi connectivity index (χ0v) is 7.18. The van der Waals surface area contributed by atoms with Gasteiger partial charge in [-0.1, -0.05) is 19.8 Å². The Kier molecular flexibility index (Phi) is 12.0. The molecule has 5 heteroatoms. The van der Waals surface area contributed by atoms with Gasteiger partial charge in [-0.25, -0.2) is 0 Å². The number of hydrogen-bond donors (Lipinski definition) is 3. The molecule has 0 saturated carbocycles. The van der Waals surface area contributed by atoms with E-state index < -0.39 is 8.60 Å². The fraction of sp³-hybridized carbons (Fsp3) is 1.00. The fourth-order valence-corrected chi connectivity index (χ4v) is 0.791. The fourth-order valence-electron chi connectivity index (χ4n) is 0.498. The van der Waals surface area contributed by atoms with Gasteiger partial charge in [0.2, 0.25) is 0 Å². The van der Waals surface area contributed by atoms with Gasteiger partial charge in [-0.05, 0) is 6.42 Å². The molecule has 0 aromatic heterocycles. The molecule has 5 N–H and O–H groups in total. The van der Waals surface area contributed by atoms with Crippen LogP contribution in [-0.2, 0) is 4.52 Å². The predicted octanol–water partition coefficient (Wildman–Crippen LogP) is 1.57. The second kappa shape index (κ2) is 9.27. The van der Waals surface area contributed by atoms with Crippen molar-refractivity contribution in [2.75, 3.05) is 6.61 Å². The van der Waals surface area contributed by atoms with Crippen molar-refractivity contribution < 1.29 is 14.3 Å². The van der Waals surface area contributed by atoms with Crippen LogP contribution in [0.4, 0.5) is 0 Å². The maximum atomic E-state index is 8.25. The number of unbranched alkanes of at least 4 members (excludes halogenated alkanes) is 2. The summed E-state index contributed by atoms with van der Waals surface area (Å²) in [6, 6.07) is 0. The zero-order valence-electron chi connectivity index (χ0n) is 6.29. The highest BCUT2D eigenvalue weighted by Crippen LogP contribution is 2.24. The van der Waals surface area contributed by atoms with Gasteiger partial charge in [0.1, 0.15) is 0 Å². The molecule has 0 aromatic rings. The molecule has 0 atom stereocenters. The van der Waals surface area contributed by atoms with E-state index in [2.05, 4.69) is 11.4 Å². The third kappa shape index (κ3) is 11.1. The number of hydrogen-bond acceptors (Lipinski definition) is 4. The van der Waals surface area contributed by atoms with Crippen LogP contribution in [0.3, 0.4) is 0 Å². The van der Waals surface area contributed by atoms with E-state index >= 15 is 0 Å². The van der Waals surface area contributed by atoms with E-state index in [1.807, 2.05) is 0 Å². The third-order valence-electron chi connectivity index (χ3n) is 0.955. The van der Waals surface area contributed by atoms with Gasteiger partial charge < -0.3 is 20.5 Å². The maximum Gasteiger partial charge on any atom is 0.327 e. The van der Waals surface area contributed by atoms with E-state index in [-0.39, 0.29) is 6.15 Å². The average Bonchev–Trinajstić information content (AvgIpc) is 1.80. The first kappa shape index (κ1) is 12.9. The molecular weight excluding hydrogens is 153 g/mol. The highest BCUT2D eigenvalue weighted by atomic mass is 31.2. The van der Waals surface area contributed by atoms with Gasteiger partial charge in [0.15, 0.2) is 0 Å². The number of rotatable bonds is 5. The quantitative estimate of drug-likeness (QED) is 0.430. The Morgan fingerprint density at radius 1 is 1.30 bits per heavy atom. The van der Waals surface area contributed by atoms with Gasteiger partial charge >= 0.3 is 8.60 Å². The molecule has 0 unspecified atom stereocenters. The summed E-state index contributed by atoms with van der Waals surface area (Å²) in [5, 5.41) is 0. The van der Waals surface area contributed by atoms with Crippen LogP contribution in [-0.4, -0.2) is 16.4 Å². The van der Waals surface area contributed by atoms with Gasteiger partial charge in [0, 0.05) is 0 Å². The summed E-state index contributed by atoms with van der Waals surface area (Å²) in [6.45, 7) is 2.55. The Morgan fingerprint density at radius 2 is 1.90 bits per heavy atom. The van der Waals surface area contributed by atoms with Crippen LogP contribution in [0.2, 0.25) is 0 Å². The molecule has 0 spiro atoms. The molecule has 0 fully saturated rings. The predicted molar refractivity (Wildman–Crippen MR) is 41.9 cm³/mol. The molecule has 0 saturated heterocycles. The van der Waals surface area contributed by atoms with Crippen LogP contribution in [0, 0.1) is 0 Å². The highest BCUT2D eigenvalue weighted by molar-refractivity contribution is 7.39. The summed E-state index contributed by atoms with van der Waals surface area (Å²) >= 11 is 0. The summed E-state index contributed by atoms with van der Waals surface area (Å²) < 4.78 is 4.52. The Labute approximate surface area is 62.8 Å². The standard InChI is InChI=1S/C5H13O3P.H3N/c1-2-3-4-5-8-9(6)7;/h6-7H,2-5H2,1H3;1H3. The molecule has 0 aliphatic heterocycles. The summed E-state index contributed by atoms with van der Waals surface area (Å²) in [5.41, 5.74) is 0. The Balaban J connectivity index is 0. The summed E-state index contributed by atoms with van der Waals surface area (Å²) in [7, 11) is -2.12. The first-order valence-electron chi connectivity index (χ1n) is 3.08. The van der Waals surface area contributed by atoms with Crippen molar-refractivity contribution in [2.24, 2.45) is 0 Å². The summed E-state index contributed by atoms with van der Waals surface area (Å²) in [5.74, 6) is 0. The van der Waals surface area contributed by atoms with Gasteiger partial charge in [0.25, 0.3) is 0 Å². The van der Waals surface area contributed by atoms with E-state index in [4.69, 9.17) is 9.79 Å². The van der Waals surface area contributed by atoms with Gasteiger partial charge in [-0.15, -0.1) is 0 Å². The van der Waals surface area contributed by atoms with Gasteiger partial charge in [0.05, 0.1) is 6.61 Å². The molecule has 0 amide bonds. The largest absolute Gasteiger partial charge is 0.344 e. The molecular formula is C5H16NO3P. The molecule has 64 valence electrons. The molecule has 0 radical (unpaired) electrons. The molecule has 0 rings (SSSR count). The van der Waals surface area contributed by atoms with Crippen molar-refractivity contribution in [3.05, 3.63) is 0 Å². The Bertz CT molecular complexity index is 62.9. The lowest BCUT2D eigenvalue weighted by atomic mass is 10.3. The minimum atomic E-state index is -2.12. The van der Waals surface area contributed by atoms with Crippen LogP contribution in [0.5, 0.6) is 0 Å². The van der Waals surface area contributed by atoms with E-state index in [0.29, 0.717) is 6.61 Å². The van der Waals surface area contributed by atoms with Crippen LogP contribution < -0.4 is 6.15 Å². The minimum Gasteiger partial charge on any atom is -0.344 e. The van der Waals surface area contributed by atoms with Crippen LogP contribution in [0.15, 0.2) is 0 Å². The van der Waals surface area contributed by atoms with Crippen LogP contribution in [0.1, 0.15) is 26.2 Å². The lowest BCUT2D eigenvalue weighted by molar-refractivity contribution is 0.249. The van der Waals surface area contributed by atoms with Crippen molar-refractivity contribution in [2.45, 2.75) is 26.2 Å². The maximum absolute atomic E-state index is 8.25. The van der Waals surface area contributed by atoms with Crippen molar-refractivity contribution in [3.8, 4) is 0 Å². The second-order valence-electron chi connectivity index (χ2n) is 1.79. The lowest BCUT2D eigenvalue weighted by Crippen LogP contribution is -1.87. The van der Waals surface area contributed by atoms with Crippen molar-refractivity contribution >= 4 is 8.60 Å². The molecule has 0 aliphatic rings. The third-order valence-corrected chi connectivity index (χ3v) is 1.37. The smallest absolute Gasteiger partial charge is 0.327 e. The van der Waals surface area contributed by atoms with E-state index in [0.717, 1.165) is 19.3 Å². The minimum absolute atomic E-state index is 0. The van der Waals surface area contributed by atoms with Crippen LogP contribution >= 0.6 is 8.60 Å². The van der Waals surface area contributed by atoms with E-state index in [1.54, 1.807) is 0 Å². The van der Waals surface area contributed by atoms with Gasteiger partial charge in [-0.2, -0.15) is 0 Å². The Morgan fingerprint density at radius 3 is 2.30 bits per heavy atom. The highest BCUT2D eigenvalue weighted by Gasteiger charge is 1.95. The molecule has 0 aliphatic carbocycles. The van der Waals surface area contributed by atoms with Crippen LogP contribution in [0.25, 0.3) is 0 Å². The molecule has 4 nitrogen and oxygen atoms in total. The molecule has 0 heterocycles. The first-order valence-corrected chi connectivity index (χ1v) is 4.24.